The minimum Gasteiger partial charge on any atom is -0.465 e. The van der Waals surface area contributed by atoms with Crippen LogP contribution in [0.15, 0.2) is 0 Å². The van der Waals surface area contributed by atoms with Gasteiger partial charge >= 0.3 is 5.97 Å². The second kappa shape index (κ2) is 2.96. The zero-order valence-corrected chi connectivity index (χ0v) is 8.88. The Morgan fingerprint density at radius 2 is 2.14 bits per heavy atom. The number of hydrogen-bond donors (Lipinski definition) is 1. The van der Waals surface area contributed by atoms with Gasteiger partial charge in [-0.2, -0.15) is 0 Å². The number of carbonyl (C=O) groups is 1. The molecule has 0 saturated heterocycles. The molecule has 0 radical (unpaired) electrons. The van der Waals surface area contributed by atoms with Crippen molar-refractivity contribution in [3.8, 4) is 0 Å². The fourth-order valence-corrected chi connectivity index (χ4v) is 2.76. The van der Waals surface area contributed by atoms with Crippen LogP contribution in [0.5, 0.6) is 0 Å². The summed E-state index contributed by atoms with van der Waals surface area (Å²) in [6, 6.07) is 0. The molecule has 0 aromatic heterocycles. The van der Waals surface area contributed by atoms with Crippen molar-refractivity contribution in [1.82, 2.24) is 0 Å². The highest BCUT2D eigenvalue weighted by molar-refractivity contribution is 5.82. The SMILES string of the molecule is CCOC(=O)C1(C2(O)CCC2)CC1C. The van der Waals surface area contributed by atoms with Crippen molar-refractivity contribution in [1.29, 1.82) is 0 Å². The summed E-state index contributed by atoms with van der Waals surface area (Å²) < 4.78 is 5.06. The molecule has 0 bridgehead atoms. The number of rotatable bonds is 3. The summed E-state index contributed by atoms with van der Waals surface area (Å²) in [6.45, 7) is 4.24. The molecule has 3 nitrogen and oxygen atoms in total. The molecule has 2 aliphatic rings. The number of ether oxygens (including phenoxy) is 1. The van der Waals surface area contributed by atoms with Gasteiger partial charge in [0.2, 0.25) is 0 Å². The standard InChI is InChI=1S/C11H18O3/c1-3-14-9(12)11(7-8(11)2)10(13)5-4-6-10/h8,13H,3-7H2,1-2H3. The highest BCUT2D eigenvalue weighted by Crippen LogP contribution is 2.65. The number of hydrogen-bond acceptors (Lipinski definition) is 3. The van der Waals surface area contributed by atoms with Crippen LogP contribution in [0, 0.1) is 11.3 Å². The predicted molar refractivity (Wildman–Crippen MR) is 51.6 cm³/mol. The van der Waals surface area contributed by atoms with Gasteiger partial charge in [0.05, 0.1) is 17.6 Å². The second-order valence-electron chi connectivity index (χ2n) is 4.68. The highest BCUT2D eigenvalue weighted by atomic mass is 16.5. The van der Waals surface area contributed by atoms with Gasteiger partial charge in [0.15, 0.2) is 0 Å². The van der Waals surface area contributed by atoms with E-state index in [4.69, 9.17) is 4.74 Å². The molecule has 0 aromatic rings. The van der Waals surface area contributed by atoms with Gasteiger partial charge in [-0.3, -0.25) is 4.79 Å². The van der Waals surface area contributed by atoms with Crippen molar-refractivity contribution in [2.75, 3.05) is 6.61 Å². The Balaban J connectivity index is 2.15. The van der Waals surface area contributed by atoms with Gasteiger partial charge in [-0.25, -0.2) is 0 Å². The van der Waals surface area contributed by atoms with Crippen LogP contribution in [0.3, 0.4) is 0 Å². The zero-order valence-electron chi connectivity index (χ0n) is 8.88. The molecular weight excluding hydrogens is 180 g/mol. The maximum atomic E-state index is 11.8. The molecular formula is C11H18O3. The first-order valence-corrected chi connectivity index (χ1v) is 5.46. The van der Waals surface area contributed by atoms with E-state index in [1.54, 1.807) is 0 Å². The van der Waals surface area contributed by atoms with Crippen LogP contribution in [-0.2, 0) is 9.53 Å². The van der Waals surface area contributed by atoms with E-state index < -0.39 is 11.0 Å². The molecule has 14 heavy (non-hydrogen) atoms. The molecule has 0 heterocycles. The molecule has 1 N–H and O–H groups in total. The van der Waals surface area contributed by atoms with Gasteiger partial charge < -0.3 is 9.84 Å². The van der Waals surface area contributed by atoms with Gasteiger partial charge in [0.1, 0.15) is 0 Å². The Kier molecular flexibility index (Phi) is 2.11. The van der Waals surface area contributed by atoms with E-state index in [0.717, 1.165) is 25.7 Å². The molecule has 0 amide bonds. The molecule has 2 rings (SSSR count). The first kappa shape index (κ1) is 9.97. The van der Waals surface area contributed by atoms with Crippen molar-refractivity contribution < 1.29 is 14.6 Å². The van der Waals surface area contributed by atoms with E-state index in [9.17, 15) is 9.90 Å². The summed E-state index contributed by atoms with van der Waals surface area (Å²) in [5.41, 5.74) is -1.31. The summed E-state index contributed by atoms with van der Waals surface area (Å²) in [4.78, 5) is 11.8. The van der Waals surface area contributed by atoms with Crippen LogP contribution >= 0.6 is 0 Å². The van der Waals surface area contributed by atoms with Crippen molar-refractivity contribution in [2.45, 2.75) is 45.1 Å². The summed E-state index contributed by atoms with van der Waals surface area (Å²) in [6.07, 6.45) is 3.35. The van der Waals surface area contributed by atoms with E-state index >= 15 is 0 Å². The first-order chi connectivity index (χ1) is 6.57. The average Bonchev–Trinajstić information content (AvgIpc) is 2.75. The smallest absolute Gasteiger partial charge is 0.315 e. The normalized spacial score (nSPS) is 38.6. The molecule has 2 fully saturated rings. The lowest BCUT2D eigenvalue weighted by atomic mass is 9.68. The first-order valence-electron chi connectivity index (χ1n) is 5.46. The number of carbonyl (C=O) groups excluding carboxylic acids is 1. The summed E-state index contributed by atoms with van der Waals surface area (Å²) in [5, 5.41) is 10.3. The molecule has 3 heteroatoms. The second-order valence-corrected chi connectivity index (χ2v) is 4.68. The molecule has 0 aromatic carbocycles. The summed E-state index contributed by atoms with van der Waals surface area (Å²) in [5.74, 6) is 0.0987. The monoisotopic (exact) mass is 198 g/mol. The quantitative estimate of drug-likeness (QED) is 0.699. The zero-order chi connectivity index (χ0) is 10.4. The Bertz CT molecular complexity index is 257. The van der Waals surface area contributed by atoms with Gasteiger partial charge in [0, 0.05) is 0 Å². The number of aliphatic hydroxyl groups is 1. The maximum absolute atomic E-state index is 11.8. The van der Waals surface area contributed by atoms with Crippen LogP contribution in [0.4, 0.5) is 0 Å². The third kappa shape index (κ3) is 1.05. The molecule has 0 aliphatic heterocycles. The van der Waals surface area contributed by atoms with Crippen molar-refractivity contribution in [3.63, 3.8) is 0 Å². The Morgan fingerprint density at radius 3 is 2.43 bits per heavy atom. The Morgan fingerprint density at radius 1 is 1.57 bits per heavy atom. The predicted octanol–water partition coefficient (Wildman–Crippen LogP) is 1.49. The van der Waals surface area contributed by atoms with Crippen LogP contribution < -0.4 is 0 Å². The largest absolute Gasteiger partial charge is 0.465 e. The van der Waals surface area contributed by atoms with E-state index in [1.807, 2.05) is 13.8 Å². The molecule has 2 atom stereocenters. The van der Waals surface area contributed by atoms with Gasteiger partial charge in [-0.05, 0) is 38.5 Å². The Labute approximate surface area is 84.4 Å². The van der Waals surface area contributed by atoms with Gasteiger partial charge in [-0.15, -0.1) is 0 Å². The third-order valence-corrected chi connectivity index (χ3v) is 3.96. The summed E-state index contributed by atoms with van der Waals surface area (Å²) in [7, 11) is 0. The maximum Gasteiger partial charge on any atom is 0.315 e. The fraction of sp³-hybridized carbons (Fsp3) is 0.909. The van der Waals surface area contributed by atoms with Crippen molar-refractivity contribution in [3.05, 3.63) is 0 Å². The van der Waals surface area contributed by atoms with E-state index in [-0.39, 0.29) is 11.9 Å². The van der Waals surface area contributed by atoms with Crippen molar-refractivity contribution >= 4 is 5.97 Å². The molecule has 2 aliphatic carbocycles. The van der Waals surface area contributed by atoms with Gasteiger partial charge in [0.25, 0.3) is 0 Å². The third-order valence-electron chi connectivity index (χ3n) is 3.96. The van der Waals surface area contributed by atoms with E-state index in [2.05, 4.69) is 0 Å². The lowest BCUT2D eigenvalue weighted by molar-refractivity contribution is -0.173. The molecule has 80 valence electrons. The minimum absolute atomic E-state index is 0.185. The van der Waals surface area contributed by atoms with E-state index in [0.29, 0.717) is 6.61 Å². The molecule has 2 unspecified atom stereocenters. The fourth-order valence-electron chi connectivity index (χ4n) is 2.76. The average molecular weight is 198 g/mol. The van der Waals surface area contributed by atoms with Crippen molar-refractivity contribution in [2.24, 2.45) is 11.3 Å². The molecule has 2 saturated carbocycles. The van der Waals surface area contributed by atoms with E-state index in [1.165, 1.54) is 0 Å². The topological polar surface area (TPSA) is 46.5 Å². The highest BCUT2D eigenvalue weighted by Gasteiger charge is 2.71. The minimum atomic E-state index is -0.751. The lowest BCUT2D eigenvalue weighted by Gasteiger charge is -2.43. The Hall–Kier alpha value is -0.570. The van der Waals surface area contributed by atoms with Crippen LogP contribution in [0.2, 0.25) is 0 Å². The van der Waals surface area contributed by atoms with Crippen LogP contribution in [-0.4, -0.2) is 23.3 Å². The van der Waals surface area contributed by atoms with Crippen LogP contribution in [0.25, 0.3) is 0 Å². The number of esters is 1. The summed E-state index contributed by atoms with van der Waals surface area (Å²) >= 11 is 0. The van der Waals surface area contributed by atoms with Gasteiger partial charge in [-0.1, -0.05) is 6.92 Å². The lowest BCUT2D eigenvalue weighted by Crippen LogP contribution is -2.51. The van der Waals surface area contributed by atoms with Crippen LogP contribution in [0.1, 0.15) is 39.5 Å². The molecule has 0 spiro atoms.